The molecule has 7 heteroatoms. The number of nitrogens with one attached hydrogen (secondary N) is 1. The molecule has 1 aromatic heterocycles. The lowest BCUT2D eigenvalue weighted by Crippen LogP contribution is -2.30. The second-order valence-corrected chi connectivity index (χ2v) is 7.57. The number of carbonyl (C=O) groups is 1. The Morgan fingerprint density at radius 2 is 1.92 bits per heavy atom. The molecule has 1 aromatic carbocycles. The van der Waals surface area contributed by atoms with Crippen LogP contribution < -0.4 is 4.72 Å². The molecule has 6 nitrogen and oxygen atoms in total. The van der Waals surface area contributed by atoms with Crippen LogP contribution in [0.4, 0.5) is 0 Å². The highest BCUT2D eigenvalue weighted by Crippen LogP contribution is 2.20. The molecule has 128 valence electrons. The van der Waals surface area contributed by atoms with E-state index in [4.69, 9.17) is 0 Å². The van der Waals surface area contributed by atoms with Crippen molar-refractivity contribution in [3.8, 4) is 0 Å². The summed E-state index contributed by atoms with van der Waals surface area (Å²) in [5, 5.41) is 0. The molecule has 1 amide bonds. The van der Waals surface area contributed by atoms with Crippen LogP contribution in [-0.2, 0) is 23.1 Å². The summed E-state index contributed by atoms with van der Waals surface area (Å²) >= 11 is 0. The Labute approximate surface area is 142 Å². The van der Waals surface area contributed by atoms with Crippen molar-refractivity contribution in [2.24, 2.45) is 0 Å². The maximum Gasteiger partial charge on any atom is 0.270 e. The molecule has 0 fully saturated rings. The van der Waals surface area contributed by atoms with E-state index in [0.717, 1.165) is 12.0 Å². The highest BCUT2D eigenvalue weighted by Gasteiger charge is 2.26. The molecule has 2 heterocycles. The minimum Gasteiger partial charge on any atom is -0.342 e. The SMILES string of the molecule is CCN1CCCn2cc(S(=O)(=O)NCc3ccccc3)cc2C1=O. The van der Waals surface area contributed by atoms with Gasteiger partial charge in [0.25, 0.3) is 5.91 Å². The Morgan fingerprint density at radius 1 is 1.17 bits per heavy atom. The molecule has 3 rings (SSSR count). The van der Waals surface area contributed by atoms with E-state index in [-0.39, 0.29) is 17.3 Å². The first-order chi connectivity index (χ1) is 11.5. The first-order valence-electron chi connectivity index (χ1n) is 8.04. The van der Waals surface area contributed by atoms with Crippen LogP contribution in [0.25, 0.3) is 0 Å². The van der Waals surface area contributed by atoms with Gasteiger partial charge in [-0.15, -0.1) is 0 Å². The maximum absolute atomic E-state index is 12.5. The molecule has 1 aliphatic rings. The Bertz CT molecular complexity index is 828. The number of rotatable bonds is 5. The quantitative estimate of drug-likeness (QED) is 0.897. The third-order valence-corrected chi connectivity index (χ3v) is 5.57. The lowest BCUT2D eigenvalue weighted by Gasteiger charge is -2.17. The molecular formula is C17H21N3O3S. The highest BCUT2D eigenvalue weighted by atomic mass is 32.2. The van der Waals surface area contributed by atoms with E-state index in [9.17, 15) is 13.2 Å². The van der Waals surface area contributed by atoms with E-state index < -0.39 is 10.0 Å². The fourth-order valence-corrected chi connectivity index (χ4v) is 3.91. The minimum absolute atomic E-state index is 0.112. The van der Waals surface area contributed by atoms with E-state index >= 15 is 0 Å². The number of amides is 1. The second-order valence-electron chi connectivity index (χ2n) is 5.80. The third kappa shape index (κ3) is 3.37. The minimum atomic E-state index is -3.65. The molecule has 0 saturated heterocycles. The van der Waals surface area contributed by atoms with E-state index in [0.29, 0.717) is 25.3 Å². The van der Waals surface area contributed by atoms with E-state index in [1.807, 2.05) is 37.3 Å². The fourth-order valence-electron chi connectivity index (χ4n) is 2.85. The van der Waals surface area contributed by atoms with E-state index in [1.54, 1.807) is 15.7 Å². The molecule has 0 radical (unpaired) electrons. The van der Waals surface area contributed by atoms with Crippen LogP contribution in [0.3, 0.4) is 0 Å². The Hall–Kier alpha value is -2.12. The first-order valence-corrected chi connectivity index (χ1v) is 9.52. The van der Waals surface area contributed by atoms with Gasteiger partial charge in [-0.3, -0.25) is 4.79 Å². The van der Waals surface area contributed by atoms with Crippen LogP contribution >= 0.6 is 0 Å². The number of aryl methyl sites for hydroxylation is 1. The average Bonchev–Trinajstić information content (AvgIpc) is 2.96. The lowest BCUT2D eigenvalue weighted by atomic mass is 10.2. The summed E-state index contributed by atoms with van der Waals surface area (Å²) in [5.74, 6) is -0.112. The zero-order valence-electron chi connectivity index (χ0n) is 13.6. The van der Waals surface area contributed by atoms with Crippen LogP contribution in [0.5, 0.6) is 0 Å². The zero-order valence-corrected chi connectivity index (χ0v) is 14.4. The van der Waals surface area contributed by atoms with Gasteiger partial charge in [-0.2, -0.15) is 0 Å². The molecule has 0 saturated carbocycles. The predicted octanol–water partition coefficient (Wildman–Crippen LogP) is 1.83. The van der Waals surface area contributed by atoms with Gasteiger partial charge in [0, 0.05) is 32.4 Å². The summed E-state index contributed by atoms with van der Waals surface area (Å²) in [5.41, 5.74) is 1.32. The van der Waals surface area contributed by atoms with Gasteiger partial charge in [0.05, 0.1) is 0 Å². The van der Waals surface area contributed by atoms with Crippen molar-refractivity contribution in [1.29, 1.82) is 0 Å². The van der Waals surface area contributed by atoms with Gasteiger partial charge in [0.15, 0.2) is 0 Å². The lowest BCUT2D eigenvalue weighted by molar-refractivity contribution is 0.0766. The molecule has 0 unspecified atom stereocenters. The van der Waals surface area contributed by atoms with Crippen molar-refractivity contribution in [3.05, 3.63) is 53.9 Å². The van der Waals surface area contributed by atoms with Crippen molar-refractivity contribution >= 4 is 15.9 Å². The maximum atomic E-state index is 12.5. The molecule has 0 bridgehead atoms. The normalized spacial score (nSPS) is 15.2. The smallest absolute Gasteiger partial charge is 0.270 e. The predicted molar refractivity (Wildman–Crippen MR) is 91.1 cm³/mol. The number of benzene rings is 1. The highest BCUT2D eigenvalue weighted by molar-refractivity contribution is 7.89. The summed E-state index contributed by atoms with van der Waals surface area (Å²) in [6.45, 7) is 4.11. The van der Waals surface area contributed by atoms with Gasteiger partial charge < -0.3 is 9.47 Å². The summed E-state index contributed by atoms with van der Waals surface area (Å²) < 4.78 is 29.4. The van der Waals surface area contributed by atoms with Gasteiger partial charge in [-0.25, -0.2) is 13.1 Å². The van der Waals surface area contributed by atoms with Crippen LogP contribution in [0, 0.1) is 0 Å². The zero-order chi connectivity index (χ0) is 17.2. The van der Waals surface area contributed by atoms with Gasteiger partial charge in [0.2, 0.25) is 10.0 Å². The van der Waals surface area contributed by atoms with Crippen molar-refractivity contribution in [3.63, 3.8) is 0 Å². The van der Waals surface area contributed by atoms with Gasteiger partial charge in [-0.1, -0.05) is 30.3 Å². The number of hydrogen-bond donors (Lipinski definition) is 1. The molecule has 2 aromatic rings. The van der Waals surface area contributed by atoms with E-state index in [2.05, 4.69) is 4.72 Å². The summed E-state index contributed by atoms with van der Waals surface area (Å²) in [4.78, 5) is 14.4. The van der Waals surface area contributed by atoms with Gasteiger partial charge in [-0.05, 0) is 25.0 Å². The van der Waals surface area contributed by atoms with Crippen molar-refractivity contribution in [2.75, 3.05) is 13.1 Å². The molecule has 24 heavy (non-hydrogen) atoms. The van der Waals surface area contributed by atoms with Crippen molar-refractivity contribution in [2.45, 2.75) is 31.3 Å². The van der Waals surface area contributed by atoms with Gasteiger partial charge >= 0.3 is 0 Å². The molecule has 0 aliphatic carbocycles. The topological polar surface area (TPSA) is 71.4 Å². The number of carbonyl (C=O) groups excluding carboxylic acids is 1. The summed E-state index contributed by atoms with van der Waals surface area (Å²) in [6.07, 6.45) is 2.37. The number of aromatic nitrogens is 1. The van der Waals surface area contributed by atoms with Crippen molar-refractivity contribution < 1.29 is 13.2 Å². The standard InChI is InChI=1S/C17H21N3O3S/c1-2-19-9-6-10-20-13-15(11-16(20)17(19)21)24(22,23)18-12-14-7-4-3-5-8-14/h3-5,7-8,11,13,18H,2,6,9-10,12H2,1H3. The van der Waals surface area contributed by atoms with Crippen molar-refractivity contribution in [1.82, 2.24) is 14.2 Å². The Morgan fingerprint density at radius 3 is 2.62 bits per heavy atom. The van der Waals surface area contributed by atoms with Crippen LogP contribution in [0.2, 0.25) is 0 Å². The number of sulfonamides is 1. The summed E-state index contributed by atoms with van der Waals surface area (Å²) in [6, 6.07) is 10.8. The Balaban J connectivity index is 1.82. The van der Waals surface area contributed by atoms with Crippen LogP contribution in [0.1, 0.15) is 29.4 Å². The third-order valence-electron chi connectivity index (χ3n) is 4.21. The first kappa shape index (κ1) is 16.7. The molecule has 0 atom stereocenters. The van der Waals surface area contributed by atoms with Crippen LogP contribution in [0.15, 0.2) is 47.5 Å². The average molecular weight is 347 g/mol. The van der Waals surface area contributed by atoms with E-state index in [1.165, 1.54) is 6.07 Å². The number of nitrogens with zero attached hydrogens (tertiary/aromatic N) is 2. The largest absolute Gasteiger partial charge is 0.342 e. The molecule has 0 spiro atoms. The van der Waals surface area contributed by atoms with Gasteiger partial charge in [0.1, 0.15) is 10.6 Å². The number of hydrogen-bond acceptors (Lipinski definition) is 3. The molecule has 1 aliphatic heterocycles. The van der Waals surface area contributed by atoms with Crippen LogP contribution in [-0.4, -0.2) is 36.9 Å². The monoisotopic (exact) mass is 347 g/mol. The number of fused-ring (bicyclic) bond motifs is 1. The second kappa shape index (κ2) is 6.78. The fraction of sp³-hybridized carbons (Fsp3) is 0.353. The molecule has 1 N–H and O–H groups in total. The molecular weight excluding hydrogens is 326 g/mol. The summed E-state index contributed by atoms with van der Waals surface area (Å²) in [7, 11) is -3.65. The Kier molecular flexibility index (Phi) is 4.73.